The maximum atomic E-state index is 11.8. The molecule has 0 saturated heterocycles. The molecule has 4 aliphatic rings. The largest absolute Gasteiger partial charge is 0.466 e. The van der Waals surface area contributed by atoms with Crippen LogP contribution in [0.1, 0.15) is 60.8 Å². The highest BCUT2D eigenvalue weighted by atomic mass is 16.5. The first kappa shape index (κ1) is 21.2. The van der Waals surface area contributed by atoms with Gasteiger partial charge in [0.25, 0.3) is 0 Å². The van der Waals surface area contributed by atoms with Crippen molar-refractivity contribution in [2.45, 2.75) is 51.4 Å². The van der Waals surface area contributed by atoms with Gasteiger partial charge >= 0.3 is 11.9 Å². The van der Waals surface area contributed by atoms with Gasteiger partial charge in [0.1, 0.15) is 0 Å². The summed E-state index contributed by atoms with van der Waals surface area (Å²) in [5, 5.41) is 0. The summed E-state index contributed by atoms with van der Waals surface area (Å²) in [4.78, 5) is 23.5. The number of carbonyl (C=O) groups excluding carboxylic acids is 2. The summed E-state index contributed by atoms with van der Waals surface area (Å²) >= 11 is 0. The van der Waals surface area contributed by atoms with Gasteiger partial charge in [-0.15, -0.1) is 0 Å². The minimum atomic E-state index is 0.00852. The molecule has 0 aliphatic heterocycles. The molecule has 6 atom stereocenters. The van der Waals surface area contributed by atoms with Gasteiger partial charge in [-0.3, -0.25) is 9.59 Å². The van der Waals surface area contributed by atoms with Crippen molar-refractivity contribution in [2.24, 2.45) is 23.7 Å². The Morgan fingerprint density at radius 2 is 1.12 bits per heavy atom. The van der Waals surface area contributed by atoms with Crippen molar-refractivity contribution in [3.8, 4) is 0 Å². The normalized spacial score (nSPS) is 30.2. The van der Waals surface area contributed by atoms with Crippen LogP contribution >= 0.6 is 0 Å². The number of rotatable bonds is 4. The Labute approximate surface area is 190 Å². The Hall–Kier alpha value is -2.62. The summed E-state index contributed by atoms with van der Waals surface area (Å²) in [5.74, 6) is 2.30. The Kier molecular flexibility index (Phi) is 5.79. The monoisotopic (exact) mass is 432 g/mol. The number of aryl methyl sites for hydroxylation is 2. The molecule has 0 heterocycles. The highest BCUT2D eigenvalue weighted by Gasteiger charge is 2.58. The first-order chi connectivity index (χ1) is 15.7. The fourth-order valence-electron chi connectivity index (χ4n) is 6.25. The van der Waals surface area contributed by atoms with Gasteiger partial charge in [0.05, 0.1) is 25.0 Å². The number of fused-ring (bicyclic) bond motifs is 6. The lowest BCUT2D eigenvalue weighted by Crippen LogP contribution is -2.08. The van der Waals surface area contributed by atoms with Crippen molar-refractivity contribution in [1.29, 1.82) is 0 Å². The minimum absolute atomic E-state index is 0.00852. The molecule has 0 aromatic heterocycles. The fraction of sp³-hybridized carbons (Fsp3) is 0.500. The van der Waals surface area contributed by atoms with Crippen LogP contribution in [-0.4, -0.2) is 25.2 Å². The van der Waals surface area contributed by atoms with Gasteiger partial charge < -0.3 is 9.47 Å². The zero-order valence-electron chi connectivity index (χ0n) is 19.0. The van der Waals surface area contributed by atoms with Gasteiger partial charge in [-0.2, -0.15) is 0 Å². The summed E-state index contributed by atoms with van der Waals surface area (Å²) in [6.45, 7) is 4.74. The van der Waals surface area contributed by atoms with Gasteiger partial charge in [-0.05, 0) is 73.6 Å². The van der Waals surface area contributed by atoms with Crippen molar-refractivity contribution >= 4 is 11.9 Å². The molecule has 4 nitrogen and oxygen atoms in total. The van der Waals surface area contributed by atoms with Gasteiger partial charge in [-0.25, -0.2) is 0 Å². The molecule has 0 bridgehead atoms. The van der Waals surface area contributed by atoms with E-state index in [0.29, 0.717) is 36.9 Å². The molecule has 6 unspecified atom stereocenters. The molecule has 2 aromatic carbocycles. The van der Waals surface area contributed by atoms with Crippen LogP contribution < -0.4 is 0 Å². The predicted molar refractivity (Wildman–Crippen MR) is 122 cm³/mol. The molecular weight excluding hydrogens is 400 g/mol. The van der Waals surface area contributed by atoms with E-state index >= 15 is 0 Å². The molecule has 0 amide bonds. The molecule has 6 rings (SSSR count). The standard InChI is InChI=1S/2C14H16O2/c2*1-2-16-14(15)13-11-8-7-9-5-3-4-6-10(9)12(11)13/h2*3-6,11-13H,2,7-8H2,1H3. The van der Waals surface area contributed by atoms with E-state index in [0.717, 1.165) is 25.7 Å². The Balaban J connectivity index is 0.000000135. The first-order valence-corrected chi connectivity index (χ1v) is 12.1. The van der Waals surface area contributed by atoms with E-state index in [1.807, 2.05) is 13.8 Å². The van der Waals surface area contributed by atoms with Gasteiger partial charge in [-0.1, -0.05) is 48.5 Å². The maximum Gasteiger partial charge on any atom is 0.309 e. The molecule has 2 fully saturated rings. The lowest BCUT2D eigenvalue weighted by molar-refractivity contribution is -0.146. The number of benzene rings is 2. The summed E-state index contributed by atoms with van der Waals surface area (Å²) in [6.07, 6.45) is 4.52. The Morgan fingerprint density at radius 3 is 1.53 bits per heavy atom. The van der Waals surface area contributed by atoms with Crippen LogP contribution in [-0.2, 0) is 31.9 Å². The Bertz CT molecular complexity index is 930. The summed E-state index contributed by atoms with van der Waals surface area (Å²) in [5.41, 5.74) is 5.62. The smallest absolute Gasteiger partial charge is 0.309 e. The van der Waals surface area contributed by atoms with Gasteiger partial charge in [0.2, 0.25) is 0 Å². The van der Waals surface area contributed by atoms with Crippen LogP contribution in [0.25, 0.3) is 0 Å². The second kappa shape index (κ2) is 8.73. The van der Waals surface area contributed by atoms with Crippen molar-refractivity contribution < 1.29 is 19.1 Å². The summed E-state index contributed by atoms with van der Waals surface area (Å²) < 4.78 is 10.3. The highest BCUT2D eigenvalue weighted by Crippen LogP contribution is 2.61. The summed E-state index contributed by atoms with van der Waals surface area (Å²) in [7, 11) is 0. The van der Waals surface area contributed by atoms with Crippen LogP contribution in [0.5, 0.6) is 0 Å². The molecule has 0 N–H and O–H groups in total. The van der Waals surface area contributed by atoms with Crippen LogP contribution in [0.2, 0.25) is 0 Å². The van der Waals surface area contributed by atoms with Crippen LogP contribution in [0.3, 0.4) is 0 Å². The number of ether oxygens (including phenoxy) is 2. The minimum Gasteiger partial charge on any atom is -0.466 e. The average molecular weight is 433 g/mol. The lowest BCUT2D eigenvalue weighted by Gasteiger charge is -2.13. The van der Waals surface area contributed by atoms with Crippen LogP contribution in [0.4, 0.5) is 0 Å². The molecule has 4 heteroatoms. The van der Waals surface area contributed by atoms with E-state index < -0.39 is 0 Å². The second-order valence-electron chi connectivity index (χ2n) is 9.41. The van der Waals surface area contributed by atoms with Crippen molar-refractivity contribution in [3.63, 3.8) is 0 Å². The SMILES string of the molecule is CCOC(=O)C1C2CCc3ccccc3C21.CCOC(=O)C1C2CCc3ccccc3C21. The molecule has 2 saturated carbocycles. The molecule has 2 aromatic rings. The Morgan fingerprint density at radius 1 is 0.719 bits per heavy atom. The van der Waals surface area contributed by atoms with E-state index in [4.69, 9.17) is 9.47 Å². The lowest BCUT2D eigenvalue weighted by atomic mass is 9.92. The van der Waals surface area contributed by atoms with Crippen molar-refractivity contribution in [3.05, 3.63) is 70.8 Å². The predicted octanol–water partition coefficient (Wildman–Crippen LogP) is 5.05. The van der Waals surface area contributed by atoms with E-state index in [-0.39, 0.29) is 23.8 Å². The topological polar surface area (TPSA) is 52.6 Å². The van der Waals surface area contributed by atoms with E-state index in [9.17, 15) is 9.59 Å². The molecule has 0 spiro atoms. The molecule has 168 valence electrons. The van der Waals surface area contributed by atoms with Crippen molar-refractivity contribution in [1.82, 2.24) is 0 Å². The maximum absolute atomic E-state index is 11.8. The van der Waals surface area contributed by atoms with E-state index in [1.54, 1.807) is 0 Å². The average Bonchev–Trinajstić information content (AvgIpc) is 3.72. The van der Waals surface area contributed by atoms with E-state index in [1.165, 1.54) is 22.3 Å². The molecule has 32 heavy (non-hydrogen) atoms. The number of carbonyl (C=O) groups is 2. The number of hydrogen-bond acceptors (Lipinski definition) is 4. The van der Waals surface area contributed by atoms with Crippen LogP contribution in [0, 0.1) is 23.7 Å². The molecular formula is C28H32O4. The third-order valence-electron chi connectivity index (χ3n) is 7.78. The van der Waals surface area contributed by atoms with Crippen LogP contribution in [0.15, 0.2) is 48.5 Å². The quantitative estimate of drug-likeness (QED) is 0.635. The first-order valence-electron chi connectivity index (χ1n) is 12.1. The third-order valence-corrected chi connectivity index (χ3v) is 7.78. The van der Waals surface area contributed by atoms with Crippen molar-refractivity contribution in [2.75, 3.05) is 13.2 Å². The highest BCUT2D eigenvalue weighted by molar-refractivity contribution is 5.79. The van der Waals surface area contributed by atoms with E-state index in [2.05, 4.69) is 48.5 Å². The fourth-order valence-corrected chi connectivity index (χ4v) is 6.25. The number of hydrogen-bond donors (Lipinski definition) is 0. The molecule has 4 aliphatic carbocycles. The number of esters is 2. The zero-order chi connectivity index (χ0) is 22.2. The second-order valence-corrected chi connectivity index (χ2v) is 9.41. The van der Waals surface area contributed by atoms with Gasteiger partial charge in [0.15, 0.2) is 0 Å². The zero-order valence-corrected chi connectivity index (χ0v) is 19.0. The molecule has 0 radical (unpaired) electrons. The van der Waals surface area contributed by atoms with Gasteiger partial charge in [0, 0.05) is 11.8 Å². The summed E-state index contributed by atoms with van der Waals surface area (Å²) in [6, 6.07) is 17.0. The third kappa shape index (κ3) is 3.74.